The second-order valence-corrected chi connectivity index (χ2v) is 6.07. The van der Waals surface area contributed by atoms with Crippen molar-refractivity contribution in [3.8, 4) is 0 Å². The number of anilines is 1. The summed E-state index contributed by atoms with van der Waals surface area (Å²) in [6, 6.07) is 1.02. The monoisotopic (exact) mass is 291 g/mol. The van der Waals surface area contributed by atoms with Gasteiger partial charge in [0.25, 0.3) is 0 Å². The Labute approximate surface area is 111 Å². The standard InChI is InChI=1S/C11H12F3N3OS/c12-11(13,14)7-3-9-10(16-4-7)17-2-1-15-5-8(17)6-19(9)18/h3-4,8,15H,1-2,5-6H2/t8-,19?/m1/s1. The molecule has 1 unspecified atom stereocenters. The van der Waals surface area contributed by atoms with E-state index in [9.17, 15) is 17.7 Å². The molecule has 2 atom stereocenters. The Balaban J connectivity index is 2.02. The number of nitrogens with zero attached hydrogens (tertiary/aromatic N) is 2. The molecule has 1 saturated heterocycles. The van der Waals surface area contributed by atoms with Gasteiger partial charge in [-0.3, -0.25) is 0 Å². The molecule has 0 saturated carbocycles. The molecule has 0 bridgehead atoms. The van der Waals surface area contributed by atoms with Gasteiger partial charge >= 0.3 is 6.18 Å². The lowest BCUT2D eigenvalue weighted by Crippen LogP contribution is -2.57. The maximum Gasteiger partial charge on any atom is 0.418 e. The quantitative estimate of drug-likeness (QED) is 0.725. The van der Waals surface area contributed by atoms with Gasteiger partial charge in [0, 0.05) is 31.9 Å². The summed E-state index contributed by atoms with van der Waals surface area (Å²) in [6.07, 6.45) is -3.63. The molecule has 4 nitrogen and oxygen atoms in total. The van der Waals surface area contributed by atoms with E-state index in [1.807, 2.05) is 4.90 Å². The summed E-state index contributed by atoms with van der Waals surface area (Å²) in [7, 11) is 0. The molecular weight excluding hydrogens is 279 g/mol. The molecule has 0 radical (unpaired) electrons. The maximum atomic E-state index is 12.7. The number of piperazine rings is 1. The highest BCUT2D eigenvalue weighted by Crippen LogP contribution is 2.37. The number of hydrogen-bond donors (Lipinski definition) is 1. The van der Waals surface area contributed by atoms with Crippen LogP contribution in [0.25, 0.3) is 0 Å². The van der Waals surface area contributed by atoms with Gasteiger partial charge in [-0.1, -0.05) is 0 Å². The number of nitrogens with one attached hydrogen (secondary N) is 1. The number of rotatable bonds is 0. The normalized spacial score (nSPS) is 26.8. The fraction of sp³-hybridized carbons (Fsp3) is 0.545. The largest absolute Gasteiger partial charge is 0.611 e. The van der Waals surface area contributed by atoms with Crippen molar-refractivity contribution in [1.82, 2.24) is 10.3 Å². The molecule has 19 heavy (non-hydrogen) atoms. The first-order valence-corrected chi connectivity index (χ1v) is 7.21. The van der Waals surface area contributed by atoms with Crippen molar-refractivity contribution in [2.24, 2.45) is 0 Å². The van der Waals surface area contributed by atoms with Gasteiger partial charge in [-0.15, -0.1) is 0 Å². The Bertz CT molecular complexity index is 497. The minimum atomic E-state index is -4.45. The van der Waals surface area contributed by atoms with Gasteiger partial charge in [-0.2, -0.15) is 13.2 Å². The van der Waals surface area contributed by atoms with E-state index in [-0.39, 0.29) is 10.9 Å². The molecule has 2 aliphatic heterocycles. The van der Waals surface area contributed by atoms with Crippen molar-refractivity contribution in [2.75, 3.05) is 30.3 Å². The van der Waals surface area contributed by atoms with E-state index in [2.05, 4.69) is 10.3 Å². The molecular formula is C11H12F3N3OS. The highest BCUT2D eigenvalue weighted by Gasteiger charge is 2.40. The Hall–Kier alpha value is -0.990. The van der Waals surface area contributed by atoms with Crippen molar-refractivity contribution < 1.29 is 17.7 Å². The summed E-state index contributed by atoms with van der Waals surface area (Å²) < 4.78 is 50.0. The Morgan fingerprint density at radius 2 is 2.26 bits per heavy atom. The average Bonchev–Trinajstić information content (AvgIpc) is 2.37. The van der Waals surface area contributed by atoms with Crippen LogP contribution in [0, 0.1) is 0 Å². The predicted octanol–water partition coefficient (Wildman–Crippen LogP) is 1.000. The van der Waals surface area contributed by atoms with Crippen molar-refractivity contribution >= 4 is 17.0 Å². The van der Waals surface area contributed by atoms with Crippen molar-refractivity contribution in [3.05, 3.63) is 17.8 Å². The Kier molecular flexibility index (Phi) is 3.11. The first-order valence-electron chi connectivity index (χ1n) is 5.90. The smallest absolute Gasteiger partial charge is 0.418 e. The van der Waals surface area contributed by atoms with E-state index in [4.69, 9.17) is 0 Å². The van der Waals surface area contributed by atoms with Gasteiger partial charge in [-0.25, -0.2) is 4.98 Å². The first kappa shape index (κ1) is 13.0. The summed E-state index contributed by atoms with van der Waals surface area (Å²) in [5.74, 6) is 0.785. The van der Waals surface area contributed by atoms with Crippen LogP contribution < -0.4 is 10.2 Å². The zero-order valence-corrected chi connectivity index (χ0v) is 10.7. The van der Waals surface area contributed by atoms with Crippen LogP contribution in [-0.2, 0) is 17.4 Å². The third kappa shape index (κ3) is 2.28. The third-order valence-corrected chi connectivity index (χ3v) is 4.85. The molecule has 8 heteroatoms. The van der Waals surface area contributed by atoms with E-state index >= 15 is 0 Å². The number of fused-ring (bicyclic) bond motifs is 3. The lowest BCUT2D eigenvalue weighted by atomic mass is 10.2. The fourth-order valence-electron chi connectivity index (χ4n) is 2.43. The van der Waals surface area contributed by atoms with Gasteiger partial charge in [0.05, 0.1) is 11.6 Å². The van der Waals surface area contributed by atoms with Crippen LogP contribution in [0.15, 0.2) is 17.2 Å². The average molecular weight is 291 g/mol. The molecule has 2 aliphatic rings. The number of hydrogen-bond acceptors (Lipinski definition) is 4. The van der Waals surface area contributed by atoms with Crippen LogP contribution in [0.3, 0.4) is 0 Å². The van der Waals surface area contributed by atoms with Crippen LogP contribution in [-0.4, -0.2) is 41.0 Å². The third-order valence-electron chi connectivity index (χ3n) is 3.37. The molecule has 0 amide bonds. The van der Waals surface area contributed by atoms with Crippen LogP contribution in [0.1, 0.15) is 5.56 Å². The number of aromatic nitrogens is 1. The lowest BCUT2D eigenvalue weighted by Gasteiger charge is -2.40. The summed E-state index contributed by atoms with van der Waals surface area (Å²) in [5, 5.41) is 3.19. The summed E-state index contributed by atoms with van der Waals surface area (Å²) in [5.41, 5.74) is -0.840. The van der Waals surface area contributed by atoms with E-state index in [1.165, 1.54) is 0 Å². The molecule has 1 fully saturated rings. The molecule has 1 aromatic rings. The predicted molar refractivity (Wildman–Crippen MR) is 64.5 cm³/mol. The van der Waals surface area contributed by atoms with Crippen LogP contribution in [0.4, 0.5) is 19.0 Å². The highest BCUT2D eigenvalue weighted by molar-refractivity contribution is 7.91. The summed E-state index contributed by atoms with van der Waals surface area (Å²) in [6.45, 7) is 2.12. The number of alkyl halides is 3. The Morgan fingerprint density at radius 1 is 1.47 bits per heavy atom. The number of pyridine rings is 1. The second kappa shape index (κ2) is 4.53. The van der Waals surface area contributed by atoms with Gasteiger partial charge in [0.2, 0.25) is 0 Å². The van der Waals surface area contributed by atoms with Gasteiger partial charge in [0.15, 0.2) is 10.7 Å². The first-order chi connectivity index (χ1) is 8.97. The van der Waals surface area contributed by atoms with E-state index < -0.39 is 22.9 Å². The zero-order valence-electron chi connectivity index (χ0n) is 9.91. The van der Waals surface area contributed by atoms with Crippen molar-refractivity contribution in [2.45, 2.75) is 17.1 Å². The number of halogens is 3. The SMILES string of the molecule is [O-][S+]1C[C@H]2CNCCN2c2ncc(C(F)(F)F)cc21. The summed E-state index contributed by atoms with van der Waals surface area (Å²) in [4.78, 5) is 6.06. The molecule has 3 rings (SSSR count). The van der Waals surface area contributed by atoms with Crippen LogP contribution in [0.2, 0.25) is 0 Å². The van der Waals surface area contributed by atoms with Gasteiger partial charge in [0.1, 0.15) is 5.75 Å². The lowest BCUT2D eigenvalue weighted by molar-refractivity contribution is -0.138. The second-order valence-electron chi connectivity index (χ2n) is 4.61. The minimum absolute atomic E-state index is 0.0475. The van der Waals surface area contributed by atoms with Crippen LogP contribution in [0.5, 0.6) is 0 Å². The van der Waals surface area contributed by atoms with Gasteiger partial charge in [-0.05, 0) is 11.2 Å². The minimum Gasteiger partial charge on any atom is -0.611 e. The summed E-state index contributed by atoms with van der Waals surface area (Å²) >= 11 is -1.42. The van der Waals surface area contributed by atoms with E-state index in [1.54, 1.807) is 0 Å². The topological polar surface area (TPSA) is 51.2 Å². The molecule has 1 N–H and O–H groups in total. The maximum absolute atomic E-state index is 12.7. The van der Waals surface area contributed by atoms with Crippen LogP contribution >= 0.6 is 0 Å². The zero-order chi connectivity index (χ0) is 13.6. The molecule has 0 aromatic carbocycles. The van der Waals surface area contributed by atoms with Crippen molar-refractivity contribution in [3.63, 3.8) is 0 Å². The molecule has 3 heterocycles. The van der Waals surface area contributed by atoms with Crippen molar-refractivity contribution in [1.29, 1.82) is 0 Å². The van der Waals surface area contributed by atoms with E-state index in [0.717, 1.165) is 18.8 Å². The highest BCUT2D eigenvalue weighted by atomic mass is 32.2. The molecule has 1 aromatic heterocycles. The molecule has 0 aliphatic carbocycles. The Morgan fingerprint density at radius 3 is 3.00 bits per heavy atom. The van der Waals surface area contributed by atoms with E-state index in [0.29, 0.717) is 24.7 Å². The fourth-order valence-corrected chi connectivity index (χ4v) is 3.89. The molecule has 104 valence electrons. The van der Waals surface area contributed by atoms with Gasteiger partial charge < -0.3 is 14.8 Å². The molecule has 0 spiro atoms.